The van der Waals surface area contributed by atoms with Crippen molar-refractivity contribution in [3.05, 3.63) is 46.6 Å². The van der Waals surface area contributed by atoms with Gasteiger partial charge in [0, 0.05) is 12.1 Å². The van der Waals surface area contributed by atoms with Crippen LogP contribution in [0.25, 0.3) is 0 Å². The van der Waals surface area contributed by atoms with Crippen LogP contribution in [0.3, 0.4) is 0 Å². The Labute approximate surface area is 122 Å². The van der Waals surface area contributed by atoms with Gasteiger partial charge in [-0.05, 0) is 24.4 Å². The molecule has 0 saturated heterocycles. The zero-order chi connectivity index (χ0) is 15.6. The van der Waals surface area contributed by atoms with Crippen LogP contribution in [0.2, 0.25) is 5.02 Å². The van der Waals surface area contributed by atoms with E-state index in [1.807, 2.05) is 0 Å². The lowest BCUT2D eigenvalue weighted by molar-refractivity contribution is -0.137. The number of amides is 1. The molecule has 0 saturated carbocycles. The second kappa shape index (κ2) is 5.69. The molecule has 0 fully saturated rings. The molecule has 1 aliphatic rings. The Morgan fingerprint density at radius 2 is 2.10 bits per heavy atom. The highest BCUT2D eigenvalue weighted by Gasteiger charge is 2.34. The maximum atomic E-state index is 12.6. The molecule has 21 heavy (non-hydrogen) atoms. The van der Waals surface area contributed by atoms with Gasteiger partial charge in [-0.1, -0.05) is 17.7 Å². The zero-order valence-corrected chi connectivity index (χ0v) is 11.2. The first kappa shape index (κ1) is 15.2. The van der Waals surface area contributed by atoms with Gasteiger partial charge in [0.25, 0.3) is 5.91 Å². The number of nitrogens with one attached hydrogen (secondary N) is 2. The van der Waals surface area contributed by atoms with Crippen molar-refractivity contribution in [2.24, 2.45) is 0 Å². The summed E-state index contributed by atoms with van der Waals surface area (Å²) in [5.41, 5.74) is -1.03. The molecule has 1 aromatic carbocycles. The Morgan fingerprint density at radius 3 is 2.67 bits per heavy atom. The molecule has 1 aromatic rings. The summed E-state index contributed by atoms with van der Waals surface area (Å²) in [5.74, 6) is -1.27. The number of carbonyl (C=O) groups is 1. The van der Waals surface area contributed by atoms with E-state index in [1.165, 1.54) is 6.08 Å². The van der Waals surface area contributed by atoms with Gasteiger partial charge in [-0.15, -0.1) is 0 Å². The number of halogens is 4. The van der Waals surface area contributed by atoms with Gasteiger partial charge in [0.15, 0.2) is 0 Å². The number of hydrogen-bond donors (Lipinski definition) is 3. The first-order valence-corrected chi connectivity index (χ1v) is 6.18. The van der Waals surface area contributed by atoms with Crippen LogP contribution in [0.15, 0.2) is 36.1 Å². The van der Waals surface area contributed by atoms with E-state index in [0.717, 1.165) is 6.07 Å². The molecular formula is C13H10ClF3N2O2. The number of rotatable bonds is 2. The molecule has 112 valence electrons. The molecule has 1 amide bonds. The molecule has 3 N–H and O–H groups in total. The molecular weight excluding hydrogens is 309 g/mol. The van der Waals surface area contributed by atoms with Gasteiger partial charge in [0.05, 0.1) is 16.3 Å². The summed E-state index contributed by atoms with van der Waals surface area (Å²) in [5, 5.41) is 14.2. The summed E-state index contributed by atoms with van der Waals surface area (Å²) < 4.78 is 37.8. The fourth-order valence-electron chi connectivity index (χ4n) is 1.70. The van der Waals surface area contributed by atoms with Crippen molar-refractivity contribution in [1.29, 1.82) is 0 Å². The van der Waals surface area contributed by atoms with Crippen LogP contribution < -0.4 is 10.6 Å². The first-order chi connectivity index (χ1) is 9.79. The highest BCUT2D eigenvalue weighted by molar-refractivity contribution is 6.32. The van der Waals surface area contributed by atoms with Crippen LogP contribution >= 0.6 is 11.6 Å². The van der Waals surface area contributed by atoms with E-state index in [0.29, 0.717) is 18.2 Å². The van der Waals surface area contributed by atoms with Crippen molar-refractivity contribution in [3.8, 4) is 5.75 Å². The average Bonchev–Trinajstić information content (AvgIpc) is 2.42. The van der Waals surface area contributed by atoms with Gasteiger partial charge in [-0.3, -0.25) is 4.79 Å². The first-order valence-electron chi connectivity index (χ1n) is 5.80. The third-order valence-electron chi connectivity index (χ3n) is 2.72. The fourth-order valence-corrected chi connectivity index (χ4v) is 1.97. The molecule has 0 aliphatic carbocycles. The number of carbonyl (C=O) groups excluding carboxylic acids is 1. The van der Waals surface area contributed by atoms with Gasteiger partial charge in [0.1, 0.15) is 5.75 Å². The molecule has 0 unspecified atom stereocenters. The van der Waals surface area contributed by atoms with E-state index in [4.69, 9.17) is 11.6 Å². The van der Waals surface area contributed by atoms with Crippen molar-refractivity contribution in [3.63, 3.8) is 0 Å². The van der Waals surface area contributed by atoms with Crippen LogP contribution in [-0.2, 0) is 11.0 Å². The number of phenols is 1. The Balaban J connectivity index is 2.25. The van der Waals surface area contributed by atoms with Crippen molar-refractivity contribution < 1.29 is 23.1 Å². The average molecular weight is 319 g/mol. The summed E-state index contributed by atoms with van der Waals surface area (Å²) in [6.07, 6.45) is -0.0223. The maximum absolute atomic E-state index is 12.6. The summed E-state index contributed by atoms with van der Waals surface area (Å²) >= 11 is 5.53. The highest BCUT2D eigenvalue weighted by Crippen LogP contribution is 2.40. The van der Waals surface area contributed by atoms with Gasteiger partial charge < -0.3 is 15.7 Å². The Kier molecular flexibility index (Phi) is 4.13. The molecule has 0 spiro atoms. The Morgan fingerprint density at radius 1 is 1.38 bits per heavy atom. The Hall–Kier alpha value is -2.15. The predicted octanol–water partition coefficient (Wildman–Crippen LogP) is 3.05. The summed E-state index contributed by atoms with van der Waals surface area (Å²) in [7, 11) is 0. The minimum absolute atomic E-state index is 0.189. The minimum Gasteiger partial charge on any atom is -0.506 e. The maximum Gasteiger partial charge on any atom is 0.417 e. The summed E-state index contributed by atoms with van der Waals surface area (Å²) in [6.45, 7) is 0.457. The number of hydrogen-bond acceptors (Lipinski definition) is 3. The van der Waals surface area contributed by atoms with Gasteiger partial charge in [-0.25, -0.2) is 0 Å². The molecule has 8 heteroatoms. The van der Waals surface area contributed by atoms with Crippen molar-refractivity contribution >= 4 is 23.2 Å². The SMILES string of the molecule is O=C(Nc1cc(Cl)c(C(F)(F)F)cc1O)C1=CCNC=C1. The minimum atomic E-state index is -4.68. The van der Waals surface area contributed by atoms with Gasteiger partial charge in [-0.2, -0.15) is 13.2 Å². The predicted molar refractivity (Wildman–Crippen MR) is 72.0 cm³/mol. The number of alkyl halides is 3. The van der Waals surface area contributed by atoms with Crippen LogP contribution in [-0.4, -0.2) is 17.6 Å². The van der Waals surface area contributed by atoms with Crippen LogP contribution in [0.5, 0.6) is 5.75 Å². The van der Waals surface area contributed by atoms with E-state index in [9.17, 15) is 23.1 Å². The lowest BCUT2D eigenvalue weighted by atomic mass is 10.1. The standard InChI is InChI=1S/C13H10ClF3N2O2/c14-9-6-10(11(20)5-8(9)13(15,16)17)19-12(21)7-1-3-18-4-2-7/h1-3,5-6,18,20H,4H2,(H,19,21). The lowest BCUT2D eigenvalue weighted by Crippen LogP contribution is -2.18. The number of aromatic hydroxyl groups is 1. The summed E-state index contributed by atoms with van der Waals surface area (Å²) in [4.78, 5) is 11.9. The molecule has 0 radical (unpaired) electrons. The molecule has 1 aliphatic heterocycles. The van der Waals surface area contributed by atoms with E-state index in [1.54, 1.807) is 12.3 Å². The quantitative estimate of drug-likeness (QED) is 0.735. The Bertz CT molecular complexity index is 639. The highest BCUT2D eigenvalue weighted by atomic mass is 35.5. The van der Waals surface area contributed by atoms with Gasteiger partial charge >= 0.3 is 6.18 Å². The number of dihydropyridines is 1. The molecule has 0 bridgehead atoms. The van der Waals surface area contributed by atoms with E-state index in [-0.39, 0.29) is 5.69 Å². The number of phenolic OH excluding ortho intramolecular Hbond substituents is 1. The molecule has 2 rings (SSSR count). The van der Waals surface area contributed by atoms with E-state index in [2.05, 4.69) is 10.6 Å². The molecule has 0 aromatic heterocycles. The van der Waals surface area contributed by atoms with E-state index >= 15 is 0 Å². The lowest BCUT2D eigenvalue weighted by Gasteiger charge is -2.14. The zero-order valence-electron chi connectivity index (χ0n) is 10.5. The van der Waals surface area contributed by atoms with E-state index < -0.39 is 28.4 Å². The second-order valence-corrected chi connectivity index (χ2v) is 4.61. The summed E-state index contributed by atoms with van der Waals surface area (Å²) in [6, 6.07) is 1.34. The largest absolute Gasteiger partial charge is 0.506 e. The third-order valence-corrected chi connectivity index (χ3v) is 3.03. The second-order valence-electron chi connectivity index (χ2n) is 4.20. The third kappa shape index (κ3) is 3.49. The monoisotopic (exact) mass is 318 g/mol. The normalized spacial score (nSPS) is 14.4. The van der Waals surface area contributed by atoms with Crippen LogP contribution in [0, 0.1) is 0 Å². The van der Waals surface area contributed by atoms with Crippen LogP contribution in [0.1, 0.15) is 5.56 Å². The molecule has 4 nitrogen and oxygen atoms in total. The fraction of sp³-hybridized carbons (Fsp3) is 0.154. The topological polar surface area (TPSA) is 61.4 Å². The van der Waals surface area contributed by atoms with Crippen LogP contribution in [0.4, 0.5) is 18.9 Å². The van der Waals surface area contributed by atoms with Crippen molar-refractivity contribution in [2.75, 3.05) is 11.9 Å². The van der Waals surface area contributed by atoms with Crippen molar-refractivity contribution in [1.82, 2.24) is 5.32 Å². The smallest absolute Gasteiger partial charge is 0.417 e. The van der Waals surface area contributed by atoms with Crippen molar-refractivity contribution in [2.45, 2.75) is 6.18 Å². The number of benzene rings is 1. The molecule has 0 atom stereocenters. The van der Waals surface area contributed by atoms with Gasteiger partial charge in [0.2, 0.25) is 0 Å². The number of anilines is 1. The molecule has 1 heterocycles.